The number of aliphatic hydroxyl groups is 1. The van der Waals surface area contributed by atoms with Gasteiger partial charge in [-0.25, -0.2) is 9.37 Å². The van der Waals surface area contributed by atoms with Crippen LogP contribution in [0.5, 0.6) is 0 Å². The lowest BCUT2D eigenvalue weighted by Gasteiger charge is -2.05. The lowest BCUT2D eigenvalue weighted by Crippen LogP contribution is -2.02. The molecule has 0 bridgehead atoms. The normalized spacial score (nSPS) is 12.5. The molecule has 114 valence electrons. The molecule has 0 radical (unpaired) electrons. The minimum Gasteiger partial charge on any atom is -0.385 e. The number of H-pyrrole nitrogens is 2. The Labute approximate surface area is 127 Å². The van der Waals surface area contributed by atoms with E-state index in [2.05, 4.69) is 26.2 Å². The van der Waals surface area contributed by atoms with Gasteiger partial charge in [-0.2, -0.15) is 5.10 Å². The molecule has 0 amide bonds. The van der Waals surface area contributed by atoms with E-state index in [1.54, 1.807) is 12.1 Å². The largest absolute Gasteiger partial charge is 0.385 e. The molecule has 0 aliphatic carbocycles. The summed E-state index contributed by atoms with van der Waals surface area (Å²) < 4.78 is 12.9. The highest BCUT2D eigenvalue weighted by Crippen LogP contribution is 2.17. The van der Waals surface area contributed by atoms with E-state index < -0.39 is 6.10 Å². The zero-order valence-electron chi connectivity index (χ0n) is 12.0. The molecule has 3 aromatic rings. The molecule has 0 spiro atoms. The van der Waals surface area contributed by atoms with E-state index in [0.717, 1.165) is 23.2 Å². The number of aromatic amines is 2. The van der Waals surface area contributed by atoms with Gasteiger partial charge in [0.25, 0.3) is 0 Å². The van der Waals surface area contributed by atoms with Crippen molar-refractivity contribution < 1.29 is 9.50 Å². The third-order valence-electron chi connectivity index (χ3n) is 3.56. The van der Waals surface area contributed by atoms with Gasteiger partial charge in [0, 0.05) is 11.9 Å². The van der Waals surface area contributed by atoms with Gasteiger partial charge >= 0.3 is 0 Å². The summed E-state index contributed by atoms with van der Waals surface area (Å²) in [5, 5.41) is 16.3. The van der Waals surface area contributed by atoms with E-state index in [4.69, 9.17) is 0 Å². The Hall–Kier alpha value is -2.47. The minimum atomic E-state index is -0.647. The number of aryl methyl sites for hydroxylation is 1. The van der Waals surface area contributed by atoms with Crippen LogP contribution in [0.15, 0.2) is 42.9 Å². The third kappa shape index (κ3) is 3.59. The first-order valence-corrected chi connectivity index (χ1v) is 7.14. The quantitative estimate of drug-likeness (QED) is 0.654. The first kappa shape index (κ1) is 14.5. The summed E-state index contributed by atoms with van der Waals surface area (Å²) >= 11 is 0. The first-order valence-electron chi connectivity index (χ1n) is 7.14. The second-order valence-electron chi connectivity index (χ2n) is 5.26. The van der Waals surface area contributed by atoms with E-state index in [0.29, 0.717) is 18.7 Å². The topological polar surface area (TPSA) is 77.6 Å². The lowest BCUT2D eigenvalue weighted by atomic mass is 10.1. The zero-order chi connectivity index (χ0) is 15.4. The molecule has 2 aromatic heterocycles. The predicted molar refractivity (Wildman–Crippen MR) is 79.7 cm³/mol. The summed E-state index contributed by atoms with van der Waals surface area (Å²) in [5.41, 5.74) is 3.25. The molecule has 0 saturated heterocycles. The monoisotopic (exact) mass is 300 g/mol. The number of hydrogen-bond acceptors (Lipinski definition) is 3. The molecule has 6 heteroatoms. The molecule has 1 atom stereocenters. The van der Waals surface area contributed by atoms with Crippen LogP contribution in [0.2, 0.25) is 0 Å². The number of halogens is 1. The van der Waals surface area contributed by atoms with Crippen molar-refractivity contribution in [3.8, 4) is 0 Å². The van der Waals surface area contributed by atoms with Gasteiger partial charge in [-0.3, -0.25) is 5.10 Å². The summed E-state index contributed by atoms with van der Waals surface area (Å²) in [4.78, 5) is 7.15. The van der Waals surface area contributed by atoms with Crippen molar-refractivity contribution in [3.63, 3.8) is 0 Å². The van der Waals surface area contributed by atoms with Crippen LogP contribution < -0.4 is 0 Å². The third-order valence-corrected chi connectivity index (χ3v) is 3.56. The first-order chi connectivity index (χ1) is 10.7. The molecule has 22 heavy (non-hydrogen) atoms. The second-order valence-corrected chi connectivity index (χ2v) is 5.26. The van der Waals surface area contributed by atoms with Crippen LogP contribution in [0, 0.1) is 5.82 Å². The summed E-state index contributed by atoms with van der Waals surface area (Å²) in [7, 11) is 0. The summed E-state index contributed by atoms with van der Waals surface area (Å²) in [5.74, 6) is 0.262. The Bertz CT molecular complexity index is 706. The van der Waals surface area contributed by atoms with E-state index >= 15 is 0 Å². The molecular formula is C16H17FN4O. The molecule has 0 aliphatic rings. The molecule has 0 aliphatic heterocycles. The van der Waals surface area contributed by atoms with E-state index in [1.807, 2.05) is 6.20 Å². The van der Waals surface area contributed by atoms with Gasteiger partial charge in [-0.15, -0.1) is 0 Å². The number of aromatic nitrogens is 4. The molecule has 1 aromatic carbocycles. The van der Waals surface area contributed by atoms with Crippen LogP contribution in [-0.2, 0) is 12.8 Å². The van der Waals surface area contributed by atoms with Crippen molar-refractivity contribution >= 4 is 0 Å². The fourth-order valence-electron chi connectivity index (χ4n) is 2.38. The van der Waals surface area contributed by atoms with Gasteiger partial charge in [-0.05, 0) is 48.6 Å². The molecule has 3 rings (SSSR count). The lowest BCUT2D eigenvalue weighted by molar-refractivity contribution is 0.158. The number of rotatable bonds is 6. The summed E-state index contributed by atoms with van der Waals surface area (Å²) in [6.07, 6.45) is 4.71. The van der Waals surface area contributed by atoms with Crippen molar-refractivity contribution in [1.82, 2.24) is 20.2 Å². The van der Waals surface area contributed by atoms with E-state index in [-0.39, 0.29) is 5.82 Å². The molecule has 0 saturated carbocycles. The number of aliphatic hydroxyl groups excluding tert-OH is 1. The maximum atomic E-state index is 12.9. The van der Waals surface area contributed by atoms with E-state index in [9.17, 15) is 9.50 Å². The molecule has 2 heterocycles. The Balaban J connectivity index is 1.56. The maximum absolute atomic E-state index is 12.9. The van der Waals surface area contributed by atoms with Gasteiger partial charge < -0.3 is 10.1 Å². The van der Waals surface area contributed by atoms with Crippen molar-refractivity contribution in [2.75, 3.05) is 0 Å². The molecule has 0 fully saturated rings. The smallest absolute Gasteiger partial charge is 0.153 e. The van der Waals surface area contributed by atoms with Crippen molar-refractivity contribution in [2.45, 2.75) is 25.4 Å². The Morgan fingerprint density at radius 2 is 2.00 bits per heavy atom. The number of hydrogen-bond donors (Lipinski definition) is 3. The highest BCUT2D eigenvalue weighted by atomic mass is 19.1. The zero-order valence-corrected chi connectivity index (χ0v) is 12.0. The van der Waals surface area contributed by atoms with Crippen LogP contribution in [0.25, 0.3) is 0 Å². The van der Waals surface area contributed by atoms with Gasteiger partial charge in [0.2, 0.25) is 0 Å². The number of nitrogens with zero attached hydrogens (tertiary/aromatic N) is 2. The highest BCUT2D eigenvalue weighted by molar-refractivity contribution is 5.26. The number of nitrogens with one attached hydrogen (secondary N) is 2. The van der Waals surface area contributed by atoms with Crippen LogP contribution in [0.3, 0.4) is 0 Å². The molecular weight excluding hydrogens is 283 g/mol. The average molecular weight is 300 g/mol. The van der Waals surface area contributed by atoms with Gasteiger partial charge in [0.1, 0.15) is 18.2 Å². The fraction of sp³-hybridized carbons (Fsp3) is 0.250. The standard InChI is InChI=1S/C16H17FN4O/c17-13-3-1-11(2-4-13)7-12-8-14(18-9-12)5-6-15(22)16-19-10-20-21-16/h1-4,8-10,15,18,22H,5-7H2,(H,19,20,21). The van der Waals surface area contributed by atoms with Crippen molar-refractivity contribution in [2.24, 2.45) is 0 Å². The number of benzene rings is 1. The van der Waals surface area contributed by atoms with Crippen molar-refractivity contribution in [3.05, 3.63) is 71.3 Å². The molecule has 1 unspecified atom stereocenters. The highest BCUT2D eigenvalue weighted by Gasteiger charge is 2.11. The fourth-order valence-corrected chi connectivity index (χ4v) is 2.38. The maximum Gasteiger partial charge on any atom is 0.153 e. The summed E-state index contributed by atoms with van der Waals surface area (Å²) in [6, 6.07) is 8.58. The Morgan fingerprint density at radius 3 is 2.73 bits per heavy atom. The van der Waals surface area contributed by atoms with Gasteiger partial charge in [-0.1, -0.05) is 12.1 Å². The van der Waals surface area contributed by atoms with Crippen LogP contribution in [-0.4, -0.2) is 25.3 Å². The SMILES string of the molecule is OC(CCc1cc(Cc2ccc(F)cc2)c[nH]1)c1ncn[nH]1. The Kier molecular flexibility index (Phi) is 4.29. The predicted octanol–water partition coefficient (Wildman–Crippen LogP) is 2.53. The van der Waals surface area contributed by atoms with Crippen LogP contribution in [0.1, 0.15) is 35.2 Å². The van der Waals surface area contributed by atoms with Crippen molar-refractivity contribution in [1.29, 1.82) is 0 Å². The molecule has 3 N–H and O–H groups in total. The Morgan fingerprint density at radius 1 is 1.18 bits per heavy atom. The van der Waals surface area contributed by atoms with Gasteiger partial charge in [0.15, 0.2) is 5.82 Å². The van der Waals surface area contributed by atoms with Crippen LogP contribution in [0.4, 0.5) is 4.39 Å². The van der Waals surface area contributed by atoms with Gasteiger partial charge in [0.05, 0.1) is 0 Å². The average Bonchev–Trinajstić information content (AvgIpc) is 3.19. The second kappa shape index (κ2) is 6.53. The summed E-state index contributed by atoms with van der Waals surface area (Å²) in [6.45, 7) is 0. The molecule has 5 nitrogen and oxygen atoms in total. The minimum absolute atomic E-state index is 0.222. The van der Waals surface area contributed by atoms with E-state index in [1.165, 1.54) is 18.5 Å². The van der Waals surface area contributed by atoms with Crippen LogP contribution >= 0.6 is 0 Å².